The first kappa shape index (κ1) is 14.7. The van der Waals surface area contributed by atoms with Crippen LogP contribution in [0.25, 0.3) is 11.3 Å². The van der Waals surface area contributed by atoms with E-state index >= 15 is 0 Å². The van der Waals surface area contributed by atoms with E-state index in [1.807, 2.05) is 5.38 Å². The molecule has 116 valence electrons. The molecule has 8 heteroatoms. The average Bonchev–Trinajstić information content (AvgIpc) is 3.16. The molecule has 0 spiro atoms. The number of amides is 2. The largest absolute Gasteiger partial charge is 0.364 e. The summed E-state index contributed by atoms with van der Waals surface area (Å²) in [6.45, 7) is 1.75. The number of carbonyl (C=O) groups is 2. The van der Waals surface area contributed by atoms with Crippen molar-refractivity contribution in [2.75, 3.05) is 18.4 Å². The summed E-state index contributed by atoms with van der Waals surface area (Å²) in [6, 6.07) is 1.65. The van der Waals surface area contributed by atoms with Crippen molar-refractivity contribution in [1.82, 2.24) is 15.3 Å². The fraction of sp³-hybridized carbons (Fsp3) is 0.357. The molecule has 2 aromatic heterocycles. The van der Waals surface area contributed by atoms with E-state index in [-0.39, 0.29) is 11.8 Å². The smallest absolute Gasteiger partial charge is 0.265 e. The summed E-state index contributed by atoms with van der Waals surface area (Å²) in [6.07, 6.45) is 3.38. The van der Waals surface area contributed by atoms with Gasteiger partial charge in [0.15, 0.2) is 5.13 Å². The summed E-state index contributed by atoms with van der Waals surface area (Å²) in [5.41, 5.74) is 7.02. The van der Waals surface area contributed by atoms with Crippen LogP contribution in [0.15, 0.2) is 17.6 Å². The van der Waals surface area contributed by atoms with Crippen molar-refractivity contribution in [1.29, 1.82) is 0 Å². The Morgan fingerprint density at radius 3 is 2.82 bits per heavy atom. The molecule has 7 nitrogen and oxygen atoms in total. The number of aromatic nitrogens is 2. The highest BCUT2D eigenvalue weighted by Crippen LogP contribution is 2.26. The first-order valence-corrected chi connectivity index (χ1v) is 7.97. The summed E-state index contributed by atoms with van der Waals surface area (Å²) in [7, 11) is 0. The van der Waals surface area contributed by atoms with Gasteiger partial charge in [-0.3, -0.25) is 9.59 Å². The molecule has 1 aliphatic heterocycles. The van der Waals surface area contributed by atoms with Gasteiger partial charge < -0.3 is 21.4 Å². The minimum absolute atomic E-state index is 0.0225. The van der Waals surface area contributed by atoms with Crippen LogP contribution >= 0.6 is 11.3 Å². The Hall–Kier alpha value is -2.19. The number of hydrogen-bond donors (Lipinski definition) is 4. The van der Waals surface area contributed by atoms with Gasteiger partial charge in [-0.05, 0) is 32.0 Å². The number of hydrogen-bond acceptors (Lipinski definition) is 5. The number of primary amides is 1. The van der Waals surface area contributed by atoms with Crippen molar-refractivity contribution >= 4 is 28.3 Å². The molecule has 3 rings (SSSR count). The quantitative estimate of drug-likeness (QED) is 0.677. The van der Waals surface area contributed by atoms with E-state index in [0.29, 0.717) is 16.5 Å². The predicted octanol–water partition coefficient (Wildman–Crippen LogP) is 1.18. The lowest BCUT2D eigenvalue weighted by Gasteiger charge is -2.20. The van der Waals surface area contributed by atoms with Crippen LogP contribution in [0.3, 0.4) is 0 Å². The average molecular weight is 319 g/mol. The number of aromatic amines is 1. The first-order chi connectivity index (χ1) is 10.6. The van der Waals surface area contributed by atoms with Crippen molar-refractivity contribution in [3.05, 3.63) is 23.3 Å². The van der Waals surface area contributed by atoms with Crippen LogP contribution in [0, 0.1) is 5.92 Å². The van der Waals surface area contributed by atoms with E-state index < -0.39 is 5.91 Å². The predicted molar refractivity (Wildman–Crippen MR) is 84.6 cm³/mol. The summed E-state index contributed by atoms with van der Waals surface area (Å²) in [4.78, 5) is 30.4. The zero-order chi connectivity index (χ0) is 15.5. The van der Waals surface area contributed by atoms with E-state index in [0.717, 1.165) is 31.5 Å². The maximum absolute atomic E-state index is 12.2. The molecule has 0 bridgehead atoms. The Balaban J connectivity index is 1.67. The standard InChI is InChI=1S/C14H17N5O2S/c15-12(20)10-5-9(6-17-10)11-7-22-14(18-11)19-13(21)8-1-3-16-4-2-8/h5-8,16-17H,1-4H2,(H2,15,20)(H,18,19,21). The van der Waals surface area contributed by atoms with Crippen molar-refractivity contribution in [2.45, 2.75) is 12.8 Å². The highest BCUT2D eigenvalue weighted by atomic mass is 32.1. The van der Waals surface area contributed by atoms with Gasteiger partial charge in [0.1, 0.15) is 5.69 Å². The van der Waals surface area contributed by atoms with E-state index in [9.17, 15) is 9.59 Å². The Bertz CT molecular complexity index is 687. The van der Waals surface area contributed by atoms with Gasteiger partial charge in [-0.15, -0.1) is 11.3 Å². The number of carbonyl (C=O) groups excluding carboxylic acids is 2. The minimum atomic E-state index is -0.513. The molecule has 2 aromatic rings. The SMILES string of the molecule is NC(=O)c1cc(-c2csc(NC(=O)C3CCNCC3)n2)c[nH]1. The van der Waals surface area contributed by atoms with Crippen molar-refractivity contribution in [3.63, 3.8) is 0 Å². The fourth-order valence-electron chi connectivity index (χ4n) is 2.44. The number of piperidine rings is 1. The number of anilines is 1. The van der Waals surface area contributed by atoms with Crippen LogP contribution in [0.5, 0.6) is 0 Å². The molecular weight excluding hydrogens is 302 g/mol. The highest BCUT2D eigenvalue weighted by Gasteiger charge is 2.21. The second kappa shape index (κ2) is 6.29. The van der Waals surface area contributed by atoms with Crippen molar-refractivity contribution in [2.24, 2.45) is 11.7 Å². The molecule has 0 radical (unpaired) electrons. The maximum Gasteiger partial charge on any atom is 0.265 e. The van der Waals surface area contributed by atoms with Gasteiger partial charge in [-0.2, -0.15) is 0 Å². The van der Waals surface area contributed by atoms with Gasteiger partial charge in [-0.25, -0.2) is 4.98 Å². The third kappa shape index (κ3) is 3.18. The second-order valence-corrected chi connectivity index (χ2v) is 6.08. The Morgan fingerprint density at radius 2 is 2.14 bits per heavy atom. The fourth-order valence-corrected chi connectivity index (χ4v) is 3.16. The van der Waals surface area contributed by atoms with Crippen LogP contribution in [-0.2, 0) is 4.79 Å². The monoisotopic (exact) mass is 319 g/mol. The van der Waals surface area contributed by atoms with E-state index in [1.165, 1.54) is 11.3 Å². The first-order valence-electron chi connectivity index (χ1n) is 7.09. The molecule has 22 heavy (non-hydrogen) atoms. The molecule has 1 fully saturated rings. The second-order valence-electron chi connectivity index (χ2n) is 5.22. The third-order valence-electron chi connectivity index (χ3n) is 3.69. The van der Waals surface area contributed by atoms with Gasteiger partial charge in [0.25, 0.3) is 5.91 Å². The topological polar surface area (TPSA) is 113 Å². The summed E-state index contributed by atoms with van der Waals surface area (Å²) < 4.78 is 0. The van der Waals surface area contributed by atoms with E-state index in [1.54, 1.807) is 12.3 Å². The molecule has 1 saturated heterocycles. The normalized spacial score (nSPS) is 15.6. The van der Waals surface area contributed by atoms with Crippen LogP contribution in [0.1, 0.15) is 23.3 Å². The Labute approximate surface area is 131 Å². The molecule has 5 N–H and O–H groups in total. The van der Waals surface area contributed by atoms with Crippen molar-refractivity contribution in [3.8, 4) is 11.3 Å². The van der Waals surface area contributed by atoms with E-state index in [2.05, 4.69) is 20.6 Å². The Kier molecular flexibility index (Phi) is 4.21. The van der Waals surface area contributed by atoms with Crippen LogP contribution in [-0.4, -0.2) is 34.9 Å². The maximum atomic E-state index is 12.2. The zero-order valence-corrected chi connectivity index (χ0v) is 12.7. The summed E-state index contributed by atoms with van der Waals surface area (Å²) in [5, 5.41) is 8.52. The molecular formula is C14H17N5O2S. The van der Waals surface area contributed by atoms with Crippen molar-refractivity contribution < 1.29 is 9.59 Å². The number of thiazole rings is 1. The third-order valence-corrected chi connectivity index (χ3v) is 4.45. The molecule has 2 amide bonds. The lowest BCUT2D eigenvalue weighted by atomic mass is 9.97. The zero-order valence-electron chi connectivity index (χ0n) is 11.9. The van der Waals surface area contributed by atoms with Gasteiger partial charge in [0.05, 0.1) is 5.69 Å². The number of H-pyrrole nitrogens is 1. The summed E-state index contributed by atoms with van der Waals surface area (Å²) >= 11 is 1.37. The van der Waals surface area contributed by atoms with Crippen LogP contribution < -0.4 is 16.4 Å². The molecule has 0 atom stereocenters. The molecule has 3 heterocycles. The van der Waals surface area contributed by atoms with Crippen LogP contribution in [0.2, 0.25) is 0 Å². The van der Waals surface area contributed by atoms with Gasteiger partial charge in [-0.1, -0.05) is 0 Å². The minimum Gasteiger partial charge on any atom is -0.364 e. The number of nitrogens with zero attached hydrogens (tertiary/aromatic N) is 1. The number of rotatable bonds is 4. The lowest BCUT2D eigenvalue weighted by Crippen LogP contribution is -2.34. The van der Waals surface area contributed by atoms with Gasteiger partial charge in [0.2, 0.25) is 5.91 Å². The molecule has 0 aromatic carbocycles. The lowest BCUT2D eigenvalue weighted by molar-refractivity contribution is -0.120. The molecule has 0 unspecified atom stereocenters. The molecule has 0 aliphatic carbocycles. The van der Waals surface area contributed by atoms with Crippen LogP contribution in [0.4, 0.5) is 5.13 Å². The molecule has 0 saturated carbocycles. The Morgan fingerprint density at radius 1 is 1.36 bits per heavy atom. The van der Waals surface area contributed by atoms with Gasteiger partial charge in [0, 0.05) is 23.1 Å². The number of nitrogens with two attached hydrogens (primary N) is 1. The summed E-state index contributed by atoms with van der Waals surface area (Å²) in [5.74, 6) is -0.447. The van der Waals surface area contributed by atoms with Gasteiger partial charge >= 0.3 is 0 Å². The van der Waals surface area contributed by atoms with E-state index in [4.69, 9.17) is 5.73 Å². The number of nitrogens with one attached hydrogen (secondary N) is 3. The molecule has 1 aliphatic rings. The highest BCUT2D eigenvalue weighted by molar-refractivity contribution is 7.14.